The summed E-state index contributed by atoms with van der Waals surface area (Å²) in [5.41, 5.74) is 1.42. The molecule has 1 aromatic carbocycles. The first-order valence-corrected chi connectivity index (χ1v) is 7.54. The molecule has 0 bridgehead atoms. The molecule has 0 fully saturated rings. The van der Waals surface area contributed by atoms with E-state index >= 15 is 0 Å². The number of hydrogen-bond acceptors (Lipinski definition) is 3. The molecule has 0 spiro atoms. The van der Waals surface area contributed by atoms with Crippen LogP contribution in [0.4, 0.5) is 0 Å². The van der Waals surface area contributed by atoms with Crippen molar-refractivity contribution in [2.75, 3.05) is 19.8 Å². The van der Waals surface area contributed by atoms with E-state index in [0.29, 0.717) is 12.0 Å². The third-order valence-corrected chi connectivity index (χ3v) is 3.62. The fourth-order valence-corrected chi connectivity index (χ4v) is 2.58. The first kappa shape index (κ1) is 15.2. The van der Waals surface area contributed by atoms with E-state index in [1.165, 1.54) is 5.56 Å². The summed E-state index contributed by atoms with van der Waals surface area (Å²) < 4.78 is 11.7. The minimum atomic E-state index is 0.156. The van der Waals surface area contributed by atoms with Crippen LogP contribution in [0.2, 0.25) is 0 Å². The number of ether oxygens (including phenoxy) is 2. The van der Waals surface area contributed by atoms with Crippen LogP contribution in [0.5, 0.6) is 11.5 Å². The second kappa shape index (κ2) is 6.04. The van der Waals surface area contributed by atoms with E-state index in [1.807, 2.05) is 6.07 Å². The largest absolute Gasteiger partial charge is 0.489 e. The summed E-state index contributed by atoms with van der Waals surface area (Å²) in [5.74, 6) is 2.17. The Kier molecular flexibility index (Phi) is 4.59. The van der Waals surface area contributed by atoms with Crippen LogP contribution in [0.15, 0.2) is 18.2 Å². The smallest absolute Gasteiger partial charge is 0.161 e. The molecule has 1 aromatic rings. The van der Waals surface area contributed by atoms with Gasteiger partial charge in [-0.15, -0.1) is 0 Å². The van der Waals surface area contributed by atoms with Crippen LogP contribution in [0.25, 0.3) is 0 Å². The van der Waals surface area contributed by atoms with Gasteiger partial charge in [-0.25, -0.2) is 0 Å². The van der Waals surface area contributed by atoms with Crippen LogP contribution in [0.1, 0.15) is 46.2 Å². The second-order valence-corrected chi connectivity index (χ2v) is 6.79. The van der Waals surface area contributed by atoms with E-state index in [4.69, 9.17) is 9.47 Å². The zero-order valence-electron chi connectivity index (χ0n) is 13.3. The maximum absolute atomic E-state index is 5.89. The number of hydrogen-bond donors (Lipinski definition) is 1. The van der Waals surface area contributed by atoms with Crippen molar-refractivity contribution >= 4 is 0 Å². The fourth-order valence-electron chi connectivity index (χ4n) is 2.58. The maximum Gasteiger partial charge on any atom is 0.161 e. The molecule has 0 aromatic heterocycles. The van der Waals surface area contributed by atoms with E-state index in [2.05, 4.69) is 52.1 Å². The van der Waals surface area contributed by atoms with Crippen LogP contribution < -0.4 is 14.8 Å². The summed E-state index contributed by atoms with van der Waals surface area (Å²) >= 11 is 0. The zero-order valence-corrected chi connectivity index (χ0v) is 13.3. The first-order chi connectivity index (χ1) is 9.41. The van der Waals surface area contributed by atoms with Gasteiger partial charge in [0.05, 0.1) is 13.2 Å². The van der Waals surface area contributed by atoms with Gasteiger partial charge >= 0.3 is 0 Å². The van der Waals surface area contributed by atoms with Crippen LogP contribution in [0.3, 0.4) is 0 Å². The predicted octanol–water partition coefficient (Wildman–Crippen LogP) is 3.79. The molecule has 0 saturated carbocycles. The molecule has 3 heteroatoms. The number of benzene rings is 1. The lowest BCUT2D eigenvalue weighted by Gasteiger charge is -2.32. The number of rotatable bonds is 3. The summed E-state index contributed by atoms with van der Waals surface area (Å²) in [6.45, 7) is 13.4. The molecule has 1 aliphatic heterocycles. The SMILES string of the molecule is CCNC(c1ccc2c(c1)OCC(C)CO2)C(C)(C)C. The molecule has 2 atom stereocenters. The molecule has 2 rings (SSSR count). The topological polar surface area (TPSA) is 30.5 Å². The van der Waals surface area contributed by atoms with E-state index in [0.717, 1.165) is 31.3 Å². The van der Waals surface area contributed by atoms with Gasteiger partial charge in [0.2, 0.25) is 0 Å². The van der Waals surface area contributed by atoms with Gasteiger partial charge in [-0.05, 0) is 29.7 Å². The summed E-state index contributed by atoms with van der Waals surface area (Å²) in [5, 5.41) is 3.57. The normalized spacial score (nSPS) is 20.4. The van der Waals surface area contributed by atoms with Gasteiger partial charge in [0.15, 0.2) is 11.5 Å². The minimum Gasteiger partial charge on any atom is -0.489 e. The molecule has 0 aliphatic carbocycles. The molecule has 0 amide bonds. The monoisotopic (exact) mass is 277 g/mol. The van der Waals surface area contributed by atoms with Crippen molar-refractivity contribution in [2.45, 2.75) is 40.7 Å². The summed E-state index contributed by atoms with van der Waals surface area (Å²) in [6, 6.07) is 6.63. The average Bonchev–Trinajstić information content (AvgIpc) is 2.57. The highest BCUT2D eigenvalue weighted by Crippen LogP contribution is 2.38. The van der Waals surface area contributed by atoms with Crippen molar-refractivity contribution in [1.82, 2.24) is 5.32 Å². The average molecular weight is 277 g/mol. The molecule has 20 heavy (non-hydrogen) atoms. The molecular formula is C17H27NO2. The molecule has 3 nitrogen and oxygen atoms in total. The molecular weight excluding hydrogens is 250 g/mol. The van der Waals surface area contributed by atoms with Crippen molar-refractivity contribution in [3.8, 4) is 11.5 Å². The van der Waals surface area contributed by atoms with Gasteiger partial charge in [0.25, 0.3) is 0 Å². The van der Waals surface area contributed by atoms with Gasteiger partial charge < -0.3 is 14.8 Å². The van der Waals surface area contributed by atoms with Crippen molar-refractivity contribution in [2.24, 2.45) is 11.3 Å². The summed E-state index contributed by atoms with van der Waals surface area (Å²) in [7, 11) is 0. The molecule has 1 aliphatic rings. The van der Waals surface area contributed by atoms with Crippen LogP contribution >= 0.6 is 0 Å². The van der Waals surface area contributed by atoms with Gasteiger partial charge in [-0.3, -0.25) is 0 Å². The highest BCUT2D eigenvalue weighted by Gasteiger charge is 2.26. The Morgan fingerprint density at radius 3 is 2.45 bits per heavy atom. The van der Waals surface area contributed by atoms with Gasteiger partial charge in [0, 0.05) is 12.0 Å². The van der Waals surface area contributed by atoms with Gasteiger partial charge in [-0.1, -0.05) is 40.7 Å². The van der Waals surface area contributed by atoms with Crippen molar-refractivity contribution in [3.63, 3.8) is 0 Å². The highest BCUT2D eigenvalue weighted by atomic mass is 16.5. The Bertz CT molecular complexity index is 451. The van der Waals surface area contributed by atoms with Crippen molar-refractivity contribution in [3.05, 3.63) is 23.8 Å². The summed E-state index contributed by atoms with van der Waals surface area (Å²) in [6.07, 6.45) is 0. The third-order valence-electron chi connectivity index (χ3n) is 3.62. The predicted molar refractivity (Wildman–Crippen MR) is 82.5 cm³/mol. The van der Waals surface area contributed by atoms with Crippen molar-refractivity contribution < 1.29 is 9.47 Å². The Hall–Kier alpha value is -1.22. The highest BCUT2D eigenvalue weighted by molar-refractivity contribution is 5.44. The Morgan fingerprint density at radius 1 is 1.20 bits per heavy atom. The summed E-state index contributed by atoms with van der Waals surface area (Å²) in [4.78, 5) is 0. The van der Waals surface area contributed by atoms with Gasteiger partial charge in [0.1, 0.15) is 0 Å². The lowest BCUT2D eigenvalue weighted by Crippen LogP contribution is -2.32. The zero-order chi connectivity index (χ0) is 14.8. The van der Waals surface area contributed by atoms with Crippen LogP contribution in [0, 0.1) is 11.3 Å². The van der Waals surface area contributed by atoms with E-state index < -0.39 is 0 Å². The fraction of sp³-hybridized carbons (Fsp3) is 0.647. The molecule has 1 N–H and O–H groups in total. The Labute approximate surface area is 122 Å². The molecule has 1 heterocycles. The van der Waals surface area contributed by atoms with E-state index in [-0.39, 0.29) is 5.41 Å². The quantitative estimate of drug-likeness (QED) is 0.911. The molecule has 0 radical (unpaired) electrons. The first-order valence-electron chi connectivity index (χ1n) is 7.54. The lowest BCUT2D eigenvalue weighted by atomic mass is 9.82. The van der Waals surface area contributed by atoms with Crippen LogP contribution in [-0.4, -0.2) is 19.8 Å². The molecule has 112 valence electrons. The maximum atomic E-state index is 5.89. The van der Waals surface area contributed by atoms with E-state index in [9.17, 15) is 0 Å². The Morgan fingerprint density at radius 2 is 1.85 bits per heavy atom. The van der Waals surface area contributed by atoms with Gasteiger partial charge in [-0.2, -0.15) is 0 Å². The lowest BCUT2D eigenvalue weighted by molar-refractivity contribution is 0.228. The Balaban J connectivity index is 2.29. The number of fused-ring (bicyclic) bond motifs is 1. The van der Waals surface area contributed by atoms with Crippen LogP contribution in [-0.2, 0) is 0 Å². The van der Waals surface area contributed by atoms with Crippen molar-refractivity contribution in [1.29, 1.82) is 0 Å². The van der Waals surface area contributed by atoms with E-state index in [1.54, 1.807) is 0 Å². The number of nitrogens with one attached hydrogen (secondary N) is 1. The third kappa shape index (κ3) is 3.45. The standard InChI is InChI=1S/C17H27NO2/c1-6-18-16(17(3,4)5)13-7-8-14-15(9-13)20-11-12(2)10-19-14/h7-9,12,16,18H,6,10-11H2,1-5H3. The minimum absolute atomic E-state index is 0.156. The molecule has 2 unspecified atom stereocenters. The second-order valence-electron chi connectivity index (χ2n) is 6.79. The molecule has 0 saturated heterocycles.